The van der Waals surface area contributed by atoms with Crippen molar-refractivity contribution in [1.29, 1.82) is 0 Å². The highest BCUT2D eigenvalue weighted by Crippen LogP contribution is 2.57. The molecule has 296 valence electrons. The predicted molar refractivity (Wildman–Crippen MR) is 212 cm³/mol. The molecule has 56 heavy (non-hydrogen) atoms. The number of benzene rings is 2. The number of ether oxygens (including phenoxy) is 2. The number of methoxy groups -OCH3 is 1. The predicted octanol–water partition coefficient (Wildman–Crippen LogP) is 7.17. The highest BCUT2D eigenvalue weighted by Gasteiger charge is 2.61. The van der Waals surface area contributed by atoms with E-state index in [4.69, 9.17) is 26.1 Å². The molecule has 2 amide bonds. The van der Waals surface area contributed by atoms with Gasteiger partial charge in [-0.05, 0) is 73.1 Å². The average molecular weight is 823 g/mol. The normalized spacial score (nSPS) is 22.8. The van der Waals surface area contributed by atoms with Crippen LogP contribution < -0.4 is 14.2 Å². The van der Waals surface area contributed by atoms with Gasteiger partial charge in [0.05, 0.1) is 47.3 Å². The van der Waals surface area contributed by atoms with Crippen molar-refractivity contribution in [2.24, 2.45) is 22.7 Å². The number of halogens is 2. The lowest BCUT2D eigenvalue weighted by Gasteiger charge is -2.35. The zero-order chi connectivity index (χ0) is 40.2. The monoisotopic (exact) mass is 822 g/mol. The van der Waals surface area contributed by atoms with E-state index in [-0.39, 0.29) is 55.6 Å². The van der Waals surface area contributed by atoms with Gasteiger partial charge in [-0.3, -0.25) is 19.1 Å². The SMILES string of the molecule is C=C[C@@H]1C[C@]1(CC(=O)[C@@H]1C[C@@H](Oc2ncc(OC)c3ccc(Cl)cc23)CN1C(=O)[C@@H](Cc1nc(-c2ccc(F)cc2)cs1)C(C)(C)C)C(=O)NS(=O)(=O)C1CC1. The number of sulfonamides is 1. The van der Waals surface area contributed by atoms with E-state index in [0.29, 0.717) is 39.7 Å². The van der Waals surface area contributed by atoms with E-state index in [1.54, 1.807) is 41.3 Å². The summed E-state index contributed by atoms with van der Waals surface area (Å²) in [5, 5.41) is 3.73. The van der Waals surface area contributed by atoms with E-state index in [1.165, 1.54) is 36.8 Å². The molecule has 0 spiro atoms. The van der Waals surface area contributed by atoms with Gasteiger partial charge in [-0.15, -0.1) is 17.9 Å². The Labute approximate surface area is 334 Å². The molecule has 7 rings (SSSR count). The minimum absolute atomic E-state index is 0.0520. The largest absolute Gasteiger partial charge is 0.494 e. The minimum Gasteiger partial charge on any atom is -0.494 e. The van der Waals surface area contributed by atoms with Gasteiger partial charge in [0.1, 0.15) is 17.7 Å². The second-order valence-electron chi connectivity index (χ2n) is 16.1. The molecule has 1 saturated heterocycles. The van der Waals surface area contributed by atoms with Crippen LogP contribution in [0.1, 0.15) is 57.9 Å². The summed E-state index contributed by atoms with van der Waals surface area (Å²) in [6, 6.07) is 10.3. The van der Waals surface area contributed by atoms with E-state index in [0.717, 1.165) is 10.9 Å². The molecule has 0 bridgehead atoms. The molecule has 2 aromatic carbocycles. The van der Waals surface area contributed by atoms with Crippen LogP contribution in [0.15, 0.2) is 66.7 Å². The van der Waals surface area contributed by atoms with E-state index in [2.05, 4.69) is 16.3 Å². The molecule has 5 atom stereocenters. The van der Waals surface area contributed by atoms with Crippen molar-refractivity contribution in [3.8, 4) is 22.9 Å². The third kappa shape index (κ3) is 8.05. The van der Waals surface area contributed by atoms with Crippen LogP contribution >= 0.6 is 22.9 Å². The van der Waals surface area contributed by atoms with Gasteiger partial charge in [-0.1, -0.05) is 38.4 Å². The fraction of sp³-hybridized carbons (Fsp3) is 0.439. The minimum atomic E-state index is -3.86. The molecule has 3 heterocycles. The van der Waals surface area contributed by atoms with Crippen molar-refractivity contribution in [2.75, 3.05) is 13.7 Å². The zero-order valence-corrected chi connectivity index (χ0v) is 34.0. The molecule has 1 aliphatic heterocycles. The Hall–Kier alpha value is -4.40. The van der Waals surface area contributed by atoms with Gasteiger partial charge >= 0.3 is 0 Å². The Kier molecular flexibility index (Phi) is 10.8. The van der Waals surface area contributed by atoms with E-state index in [9.17, 15) is 27.2 Å². The molecule has 4 aromatic rings. The van der Waals surface area contributed by atoms with Crippen molar-refractivity contribution in [3.05, 3.63) is 82.5 Å². The van der Waals surface area contributed by atoms with E-state index in [1.807, 2.05) is 26.2 Å². The number of nitrogens with zero attached hydrogens (tertiary/aromatic N) is 3. The van der Waals surface area contributed by atoms with E-state index < -0.39 is 56.0 Å². The van der Waals surface area contributed by atoms with Gasteiger partial charge in [0.2, 0.25) is 27.7 Å². The first-order valence-electron chi connectivity index (χ1n) is 18.5. The average Bonchev–Trinajstić information content (AvgIpc) is 4.04. The molecule has 0 radical (unpaired) electrons. The molecule has 2 saturated carbocycles. The number of fused-ring (bicyclic) bond motifs is 1. The molecule has 3 aliphatic rings. The van der Waals surface area contributed by atoms with Gasteiger partial charge in [-0.25, -0.2) is 22.8 Å². The second kappa shape index (κ2) is 15.2. The summed E-state index contributed by atoms with van der Waals surface area (Å²) in [5.41, 5.74) is -0.446. The zero-order valence-electron chi connectivity index (χ0n) is 31.6. The van der Waals surface area contributed by atoms with Crippen LogP contribution in [0, 0.1) is 28.5 Å². The number of hydrogen-bond acceptors (Lipinski definition) is 10. The number of carbonyl (C=O) groups is 3. The molecule has 3 fully saturated rings. The number of aromatic nitrogens is 2. The van der Waals surface area contributed by atoms with Crippen LogP contribution in [-0.4, -0.2) is 71.9 Å². The number of thiazole rings is 1. The summed E-state index contributed by atoms with van der Waals surface area (Å²) in [7, 11) is -2.33. The van der Waals surface area contributed by atoms with Crippen LogP contribution in [0.25, 0.3) is 22.0 Å². The number of rotatable bonds is 14. The summed E-state index contributed by atoms with van der Waals surface area (Å²) in [6.45, 7) is 9.77. The highest BCUT2D eigenvalue weighted by molar-refractivity contribution is 7.90. The number of ketones is 1. The Morgan fingerprint density at radius 2 is 1.89 bits per heavy atom. The second-order valence-corrected chi connectivity index (χ2v) is 19.4. The van der Waals surface area contributed by atoms with Crippen LogP contribution in [0.5, 0.6) is 11.6 Å². The third-order valence-corrected chi connectivity index (χ3v) is 14.1. The summed E-state index contributed by atoms with van der Waals surface area (Å²) in [5.74, 6) is -1.96. The first kappa shape index (κ1) is 39.8. The number of likely N-dealkylation sites (tertiary alicyclic amines) is 1. The number of Topliss-reactive ketones (excluding diaryl/α,β-unsaturated/α-hetero) is 1. The van der Waals surface area contributed by atoms with Gasteiger partial charge in [0.25, 0.3) is 0 Å². The van der Waals surface area contributed by atoms with Gasteiger partial charge in [0.15, 0.2) is 5.78 Å². The van der Waals surface area contributed by atoms with Crippen LogP contribution in [-0.2, 0) is 30.8 Å². The van der Waals surface area contributed by atoms with Gasteiger partial charge < -0.3 is 14.4 Å². The summed E-state index contributed by atoms with van der Waals surface area (Å²) in [6.07, 6.45) is 3.79. The maximum atomic E-state index is 14.9. The number of carbonyl (C=O) groups excluding carboxylic acids is 3. The lowest BCUT2D eigenvalue weighted by Crippen LogP contribution is -2.48. The Morgan fingerprint density at radius 3 is 2.54 bits per heavy atom. The van der Waals surface area contributed by atoms with Crippen molar-refractivity contribution < 1.29 is 36.7 Å². The lowest BCUT2D eigenvalue weighted by atomic mass is 9.77. The molecular formula is C41H44ClFN4O7S2. The molecule has 1 N–H and O–H groups in total. The summed E-state index contributed by atoms with van der Waals surface area (Å²) >= 11 is 7.78. The fourth-order valence-corrected chi connectivity index (χ4v) is 10.0. The quantitative estimate of drug-likeness (QED) is 0.131. The molecule has 11 nitrogen and oxygen atoms in total. The van der Waals surface area contributed by atoms with Gasteiger partial charge in [0, 0.05) is 51.9 Å². The maximum absolute atomic E-state index is 14.9. The third-order valence-electron chi connectivity index (χ3n) is 11.2. The van der Waals surface area contributed by atoms with Crippen molar-refractivity contribution in [3.63, 3.8) is 0 Å². The number of amides is 2. The number of allylic oxidation sites excluding steroid dienone is 1. The lowest BCUT2D eigenvalue weighted by molar-refractivity contribution is -0.144. The topological polar surface area (TPSA) is 145 Å². The molecular weight excluding hydrogens is 779 g/mol. The fourth-order valence-electron chi connectivity index (χ4n) is 7.62. The summed E-state index contributed by atoms with van der Waals surface area (Å²) in [4.78, 5) is 53.9. The number of nitrogens with one attached hydrogen (secondary N) is 1. The van der Waals surface area contributed by atoms with E-state index >= 15 is 0 Å². The van der Waals surface area contributed by atoms with Crippen LogP contribution in [0.4, 0.5) is 4.39 Å². The Morgan fingerprint density at radius 1 is 1.16 bits per heavy atom. The molecule has 2 aromatic heterocycles. The Balaban J connectivity index is 1.19. The smallest absolute Gasteiger partial charge is 0.240 e. The highest BCUT2D eigenvalue weighted by atomic mass is 35.5. The summed E-state index contributed by atoms with van der Waals surface area (Å²) < 4.78 is 53.4. The molecule has 15 heteroatoms. The Bertz CT molecular complexity index is 2310. The van der Waals surface area contributed by atoms with Crippen molar-refractivity contribution >= 4 is 61.3 Å². The van der Waals surface area contributed by atoms with Crippen molar-refractivity contribution in [2.45, 2.75) is 76.7 Å². The first-order valence-corrected chi connectivity index (χ1v) is 21.3. The molecule has 0 unspecified atom stereocenters. The maximum Gasteiger partial charge on any atom is 0.240 e. The van der Waals surface area contributed by atoms with Crippen LogP contribution in [0.3, 0.4) is 0 Å². The standard InChI is InChI=1S/C41H44ClFN4O7S2/c1-6-24-18-41(24,39(50)46-56(51,52)28-12-13-28)19-34(48)33-16-27(54-37-30-15-25(42)9-14-29(30)35(53-5)20-44-37)21-47(33)38(49)31(40(2,3)4)17-36-45-32(22-55-36)23-7-10-26(43)11-8-23/h6-11,14-15,20,22,24,27-28,31,33H,1,12-13,16-19,21H2,2-5H3,(H,46,50)/t24-,27-,31-,33+,41-/m1/s1. The number of pyridine rings is 1. The first-order chi connectivity index (χ1) is 26.5. The van der Waals surface area contributed by atoms with Crippen molar-refractivity contribution in [1.82, 2.24) is 19.6 Å². The number of hydrogen-bond donors (Lipinski definition) is 1. The van der Waals surface area contributed by atoms with Crippen LogP contribution in [0.2, 0.25) is 5.02 Å². The molecule has 2 aliphatic carbocycles. The van der Waals surface area contributed by atoms with Gasteiger partial charge in [-0.2, -0.15) is 0 Å².